The van der Waals surface area contributed by atoms with Crippen LogP contribution in [0.1, 0.15) is 49.0 Å². The molecule has 0 spiro atoms. The summed E-state index contributed by atoms with van der Waals surface area (Å²) in [5.74, 6) is 2.24. The van der Waals surface area contributed by atoms with Crippen LogP contribution in [0.3, 0.4) is 0 Å². The van der Waals surface area contributed by atoms with Gasteiger partial charge in [-0.25, -0.2) is 14.8 Å². The minimum absolute atomic E-state index is 0.0622. The van der Waals surface area contributed by atoms with Crippen molar-refractivity contribution in [1.82, 2.24) is 9.97 Å². The normalized spacial score (nSPS) is 37.9. The summed E-state index contributed by atoms with van der Waals surface area (Å²) < 4.78 is 0. The van der Waals surface area contributed by atoms with E-state index in [2.05, 4.69) is 15.3 Å². The molecule has 4 fully saturated rings. The van der Waals surface area contributed by atoms with E-state index in [0.29, 0.717) is 5.82 Å². The van der Waals surface area contributed by atoms with Gasteiger partial charge < -0.3 is 10.4 Å². The standard InChI is InChI=1S/C15H19N3O2/c19-14(20)12-4-13(17-8-16-12)18-15-5-9-1-10(6-15)3-11(2-9)7-15/h4,8-11H,1-3,5-7H2,(H,19,20)(H,16,17,18). The highest BCUT2D eigenvalue weighted by Crippen LogP contribution is 2.56. The Hall–Kier alpha value is -1.65. The third-order valence-corrected chi connectivity index (χ3v) is 5.32. The van der Waals surface area contributed by atoms with Crippen LogP contribution in [0.5, 0.6) is 0 Å². The smallest absolute Gasteiger partial charge is 0.354 e. The lowest BCUT2D eigenvalue weighted by Gasteiger charge is -2.57. The fourth-order valence-electron chi connectivity index (χ4n) is 5.08. The highest BCUT2D eigenvalue weighted by atomic mass is 16.4. The summed E-state index contributed by atoms with van der Waals surface area (Å²) in [6.07, 6.45) is 9.16. The maximum atomic E-state index is 11.0. The molecule has 0 radical (unpaired) electrons. The van der Waals surface area contributed by atoms with E-state index in [1.54, 1.807) is 6.07 Å². The number of anilines is 1. The van der Waals surface area contributed by atoms with E-state index < -0.39 is 5.97 Å². The number of nitrogens with one attached hydrogen (secondary N) is 1. The van der Waals surface area contributed by atoms with Crippen molar-refractivity contribution in [2.75, 3.05) is 5.32 Å². The fraction of sp³-hybridized carbons (Fsp3) is 0.667. The fourth-order valence-corrected chi connectivity index (χ4v) is 5.08. The Morgan fingerprint density at radius 1 is 1.15 bits per heavy atom. The second-order valence-electron chi connectivity index (χ2n) is 6.92. The predicted molar refractivity (Wildman–Crippen MR) is 73.5 cm³/mol. The van der Waals surface area contributed by atoms with Crippen LogP contribution in [0.2, 0.25) is 0 Å². The predicted octanol–water partition coefficient (Wildman–Crippen LogP) is 2.56. The molecule has 4 saturated carbocycles. The van der Waals surface area contributed by atoms with Crippen LogP contribution >= 0.6 is 0 Å². The van der Waals surface area contributed by atoms with E-state index >= 15 is 0 Å². The van der Waals surface area contributed by atoms with Gasteiger partial charge in [0.2, 0.25) is 0 Å². The minimum Gasteiger partial charge on any atom is -0.477 e. The van der Waals surface area contributed by atoms with Gasteiger partial charge in [-0.15, -0.1) is 0 Å². The summed E-state index contributed by atoms with van der Waals surface area (Å²) in [5, 5.41) is 12.6. The first-order valence-corrected chi connectivity index (χ1v) is 7.45. The lowest BCUT2D eigenvalue weighted by molar-refractivity contribution is 0.0105. The van der Waals surface area contributed by atoms with Gasteiger partial charge in [0.05, 0.1) is 0 Å². The Morgan fingerprint density at radius 3 is 2.30 bits per heavy atom. The van der Waals surface area contributed by atoms with E-state index in [4.69, 9.17) is 5.11 Å². The molecule has 4 bridgehead atoms. The SMILES string of the molecule is O=C(O)c1cc(NC23CC4CC(CC(C4)C2)C3)ncn1. The van der Waals surface area contributed by atoms with Crippen LogP contribution in [0.25, 0.3) is 0 Å². The zero-order chi connectivity index (χ0) is 13.7. The molecule has 5 nitrogen and oxygen atoms in total. The molecule has 1 aromatic rings. The van der Waals surface area contributed by atoms with E-state index in [9.17, 15) is 4.79 Å². The topological polar surface area (TPSA) is 75.1 Å². The van der Waals surface area contributed by atoms with E-state index in [-0.39, 0.29) is 11.2 Å². The van der Waals surface area contributed by atoms with Gasteiger partial charge in [-0.1, -0.05) is 0 Å². The Bertz CT molecular complexity index is 523. The first-order valence-electron chi connectivity index (χ1n) is 7.45. The van der Waals surface area contributed by atoms with Crippen molar-refractivity contribution >= 4 is 11.8 Å². The van der Waals surface area contributed by atoms with Gasteiger partial charge in [0.15, 0.2) is 5.69 Å². The Labute approximate surface area is 117 Å². The Morgan fingerprint density at radius 2 is 1.75 bits per heavy atom. The first-order chi connectivity index (χ1) is 9.62. The van der Waals surface area contributed by atoms with Gasteiger partial charge in [0, 0.05) is 11.6 Å². The summed E-state index contributed by atoms with van der Waals surface area (Å²) in [7, 11) is 0. The average molecular weight is 273 g/mol. The van der Waals surface area contributed by atoms with Gasteiger partial charge in [-0.2, -0.15) is 0 Å². The van der Waals surface area contributed by atoms with Crippen molar-refractivity contribution in [3.8, 4) is 0 Å². The molecule has 0 unspecified atom stereocenters. The zero-order valence-corrected chi connectivity index (χ0v) is 11.4. The summed E-state index contributed by atoms with van der Waals surface area (Å²) in [5.41, 5.74) is 0.214. The molecule has 1 aromatic heterocycles. The Balaban J connectivity index is 1.59. The van der Waals surface area contributed by atoms with Crippen LogP contribution in [0.15, 0.2) is 12.4 Å². The minimum atomic E-state index is -0.999. The number of carboxylic acid groups (broad SMARTS) is 1. The number of aromatic nitrogens is 2. The maximum Gasteiger partial charge on any atom is 0.354 e. The highest BCUT2D eigenvalue weighted by molar-refractivity contribution is 5.86. The highest BCUT2D eigenvalue weighted by Gasteiger charge is 2.51. The van der Waals surface area contributed by atoms with Crippen LogP contribution in [-0.2, 0) is 0 Å². The number of carbonyl (C=O) groups is 1. The number of hydrogen-bond acceptors (Lipinski definition) is 4. The molecule has 4 aliphatic carbocycles. The summed E-state index contributed by atoms with van der Waals surface area (Å²) in [6, 6.07) is 1.56. The van der Waals surface area contributed by atoms with E-state index in [0.717, 1.165) is 17.8 Å². The van der Waals surface area contributed by atoms with Crippen molar-refractivity contribution in [1.29, 1.82) is 0 Å². The van der Waals surface area contributed by atoms with Gasteiger partial charge in [-0.05, 0) is 56.3 Å². The van der Waals surface area contributed by atoms with E-state index in [1.807, 2.05) is 0 Å². The summed E-state index contributed by atoms with van der Waals surface area (Å²) >= 11 is 0. The molecule has 0 amide bonds. The third-order valence-electron chi connectivity index (χ3n) is 5.32. The molecule has 0 aliphatic heterocycles. The maximum absolute atomic E-state index is 11.0. The van der Waals surface area contributed by atoms with Crippen molar-refractivity contribution in [3.05, 3.63) is 18.1 Å². The van der Waals surface area contributed by atoms with Crippen LogP contribution < -0.4 is 5.32 Å². The van der Waals surface area contributed by atoms with Crippen LogP contribution in [0.4, 0.5) is 5.82 Å². The van der Waals surface area contributed by atoms with Crippen LogP contribution in [-0.4, -0.2) is 26.6 Å². The quantitative estimate of drug-likeness (QED) is 0.885. The molecule has 5 rings (SSSR count). The van der Waals surface area contributed by atoms with Crippen molar-refractivity contribution in [3.63, 3.8) is 0 Å². The molecule has 20 heavy (non-hydrogen) atoms. The number of hydrogen-bond donors (Lipinski definition) is 2. The first kappa shape index (κ1) is 12.1. The molecule has 0 saturated heterocycles. The molecular weight excluding hydrogens is 254 g/mol. The van der Waals surface area contributed by atoms with Gasteiger partial charge in [0.25, 0.3) is 0 Å². The molecule has 1 heterocycles. The number of aromatic carboxylic acids is 1. The Kier molecular flexibility index (Phi) is 2.53. The number of rotatable bonds is 3. The van der Waals surface area contributed by atoms with Crippen molar-refractivity contribution in [2.45, 2.75) is 44.1 Å². The molecule has 4 aliphatic rings. The largest absolute Gasteiger partial charge is 0.477 e. The van der Waals surface area contributed by atoms with Gasteiger partial charge in [0.1, 0.15) is 12.1 Å². The molecular formula is C15H19N3O2. The van der Waals surface area contributed by atoms with Gasteiger partial charge in [-0.3, -0.25) is 0 Å². The monoisotopic (exact) mass is 273 g/mol. The lowest BCUT2D eigenvalue weighted by Crippen LogP contribution is -2.54. The van der Waals surface area contributed by atoms with Crippen molar-refractivity contribution < 1.29 is 9.90 Å². The molecule has 0 aromatic carbocycles. The number of nitrogens with zero attached hydrogens (tertiary/aromatic N) is 2. The molecule has 0 atom stereocenters. The lowest BCUT2D eigenvalue weighted by atomic mass is 9.53. The second-order valence-corrected chi connectivity index (χ2v) is 6.92. The average Bonchev–Trinajstić information content (AvgIpc) is 2.36. The molecule has 2 N–H and O–H groups in total. The van der Waals surface area contributed by atoms with E-state index in [1.165, 1.54) is 44.9 Å². The second kappa shape index (κ2) is 4.17. The summed E-state index contributed by atoms with van der Waals surface area (Å²) in [6.45, 7) is 0. The third kappa shape index (κ3) is 1.96. The van der Waals surface area contributed by atoms with Crippen LogP contribution in [0, 0.1) is 17.8 Å². The van der Waals surface area contributed by atoms with Gasteiger partial charge >= 0.3 is 5.97 Å². The van der Waals surface area contributed by atoms with Crippen molar-refractivity contribution in [2.24, 2.45) is 17.8 Å². The molecule has 106 valence electrons. The number of carboxylic acids is 1. The zero-order valence-electron chi connectivity index (χ0n) is 11.4. The molecule has 5 heteroatoms. The summed E-state index contributed by atoms with van der Waals surface area (Å²) in [4.78, 5) is 19.0.